The number of nitrogens with zero attached hydrogens (tertiary/aromatic N) is 2. The van der Waals surface area contributed by atoms with Crippen LogP contribution < -0.4 is 10.5 Å². The third-order valence-corrected chi connectivity index (χ3v) is 3.08. The number of anilines is 1. The Hall–Kier alpha value is -2.63. The molecule has 0 bridgehead atoms. The Morgan fingerprint density at radius 2 is 2.00 bits per heavy atom. The van der Waals surface area contributed by atoms with Crippen molar-refractivity contribution < 1.29 is 9.66 Å². The molecule has 0 aliphatic rings. The maximum atomic E-state index is 10.7. The van der Waals surface area contributed by atoms with Crippen molar-refractivity contribution in [3.63, 3.8) is 0 Å². The van der Waals surface area contributed by atoms with Gasteiger partial charge in [-0.25, -0.2) is 0 Å². The standard InChI is InChI=1S/C15H17N3O3/c1-9(2)11-5-4-10(3)8-13(11)21-14-7-6-12(18(19)20)15(16)17-14/h4-9H,1-3H3,(H2,16,17). The molecule has 0 radical (unpaired) electrons. The van der Waals surface area contributed by atoms with E-state index in [1.807, 2.05) is 25.1 Å². The van der Waals surface area contributed by atoms with Gasteiger partial charge in [0.1, 0.15) is 5.75 Å². The second kappa shape index (κ2) is 5.78. The van der Waals surface area contributed by atoms with Crippen molar-refractivity contribution in [3.8, 4) is 11.6 Å². The fourth-order valence-corrected chi connectivity index (χ4v) is 1.98. The lowest BCUT2D eigenvalue weighted by Crippen LogP contribution is -2.01. The van der Waals surface area contributed by atoms with Crippen LogP contribution in [-0.4, -0.2) is 9.91 Å². The van der Waals surface area contributed by atoms with Crippen LogP contribution in [0.25, 0.3) is 0 Å². The largest absolute Gasteiger partial charge is 0.439 e. The summed E-state index contributed by atoms with van der Waals surface area (Å²) in [6, 6.07) is 8.67. The average Bonchev–Trinajstić information content (AvgIpc) is 2.37. The number of rotatable bonds is 4. The predicted molar refractivity (Wildman–Crippen MR) is 80.6 cm³/mol. The fourth-order valence-electron chi connectivity index (χ4n) is 1.98. The van der Waals surface area contributed by atoms with Gasteiger partial charge in [0, 0.05) is 12.1 Å². The zero-order chi connectivity index (χ0) is 15.6. The molecule has 0 atom stereocenters. The molecule has 2 rings (SSSR count). The second-order valence-corrected chi connectivity index (χ2v) is 5.11. The first-order valence-electron chi connectivity index (χ1n) is 6.57. The number of nitrogen functional groups attached to an aromatic ring is 1. The van der Waals surface area contributed by atoms with E-state index in [-0.39, 0.29) is 23.3 Å². The molecule has 0 unspecified atom stereocenters. The molecule has 0 amide bonds. The molecule has 1 aromatic carbocycles. The second-order valence-electron chi connectivity index (χ2n) is 5.11. The first kappa shape index (κ1) is 14.8. The summed E-state index contributed by atoms with van der Waals surface area (Å²) >= 11 is 0. The highest BCUT2D eigenvalue weighted by Gasteiger charge is 2.15. The predicted octanol–water partition coefficient (Wildman–Crippen LogP) is 3.80. The van der Waals surface area contributed by atoms with Crippen LogP contribution in [0.3, 0.4) is 0 Å². The average molecular weight is 287 g/mol. The van der Waals surface area contributed by atoms with E-state index in [2.05, 4.69) is 18.8 Å². The highest BCUT2D eigenvalue weighted by atomic mass is 16.6. The van der Waals surface area contributed by atoms with Gasteiger partial charge in [0.15, 0.2) is 0 Å². The lowest BCUT2D eigenvalue weighted by atomic mass is 10.0. The van der Waals surface area contributed by atoms with Crippen LogP contribution in [0.1, 0.15) is 30.9 Å². The van der Waals surface area contributed by atoms with E-state index in [4.69, 9.17) is 10.5 Å². The molecule has 1 heterocycles. The number of pyridine rings is 1. The van der Waals surface area contributed by atoms with Gasteiger partial charge in [-0.3, -0.25) is 10.1 Å². The summed E-state index contributed by atoms with van der Waals surface area (Å²) in [5.74, 6) is 1.06. The molecule has 0 saturated heterocycles. The minimum atomic E-state index is -0.571. The Labute approximate surface area is 122 Å². The maximum absolute atomic E-state index is 10.7. The topological polar surface area (TPSA) is 91.3 Å². The molecule has 0 fully saturated rings. The summed E-state index contributed by atoms with van der Waals surface area (Å²) in [4.78, 5) is 14.1. The molecule has 2 N–H and O–H groups in total. The van der Waals surface area contributed by atoms with Crippen LogP contribution in [0.2, 0.25) is 0 Å². The maximum Gasteiger partial charge on any atom is 0.311 e. The minimum absolute atomic E-state index is 0.156. The van der Waals surface area contributed by atoms with Gasteiger partial charge >= 0.3 is 5.69 Å². The van der Waals surface area contributed by atoms with Crippen molar-refractivity contribution in [3.05, 3.63) is 51.6 Å². The zero-order valence-corrected chi connectivity index (χ0v) is 12.2. The van der Waals surface area contributed by atoms with Crippen molar-refractivity contribution in [1.29, 1.82) is 0 Å². The van der Waals surface area contributed by atoms with Crippen molar-refractivity contribution in [2.75, 3.05) is 5.73 Å². The molecule has 6 heteroatoms. The summed E-state index contributed by atoms with van der Waals surface area (Å²) < 4.78 is 5.75. The van der Waals surface area contributed by atoms with E-state index < -0.39 is 4.92 Å². The lowest BCUT2D eigenvalue weighted by Gasteiger charge is -2.14. The Morgan fingerprint density at radius 1 is 1.29 bits per heavy atom. The third kappa shape index (κ3) is 3.28. The van der Waals surface area contributed by atoms with Crippen LogP contribution in [0.4, 0.5) is 11.5 Å². The van der Waals surface area contributed by atoms with Crippen molar-refractivity contribution in [2.45, 2.75) is 26.7 Å². The normalized spacial score (nSPS) is 10.7. The first-order chi connectivity index (χ1) is 9.88. The smallest absolute Gasteiger partial charge is 0.311 e. The number of aryl methyl sites for hydroxylation is 1. The number of benzene rings is 1. The molecular weight excluding hydrogens is 270 g/mol. The van der Waals surface area contributed by atoms with Crippen molar-refractivity contribution in [1.82, 2.24) is 4.98 Å². The van der Waals surface area contributed by atoms with E-state index in [1.165, 1.54) is 12.1 Å². The van der Waals surface area contributed by atoms with E-state index >= 15 is 0 Å². The molecular formula is C15H17N3O3. The summed E-state index contributed by atoms with van der Waals surface area (Å²) in [7, 11) is 0. The molecule has 110 valence electrons. The highest BCUT2D eigenvalue weighted by molar-refractivity contribution is 5.54. The summed E-state index contributed by atoms with van der Waals surface area (Å²) in [6.45, 7) is 6.10. The number of nitro groups is 1. The van der Waals surface area contributed by atoms with E-state index in [0.29, 0.717) is 5.75 Å². The Kier molecular flexibility index (Phi) is 4.07. The molecule has 0 aliphatic carbocycles. The zero-order valence-electron chi connectivity index (χ0n) is 12.2. The van der Waals surface area contributed by atoms with Crippen LogP contribution in [0.15, 0.2) is 30.3 Å². The number of hydrogen-bond donors (Lipinski definition) is 1. The van der Waals surface area contributed by atoms with Gasteiger partial charge in [-0.15, -0.1) is 0 Å². The fraction of sp³-hybridized carbons (Fsp3) is 0.267. The third-order valence-electron chi connectivity index (χ3n) is 3.08. The molecule has 0 spiro atoms. The molecule has 2 aromatic rings. The van der Waals surface area contributed by atoms with Gasteiger partial charge in [0.2, 0.25) is 11.7 Å². The van der Waals surface area contributed by atoms with Crippen LogP contribution in [0, 0.1) is 17.0 Å². The Morgan fingerprint density at radius 3 is 2.57 bits per heavy atom. The molecule has 0 aliphatic heterocycles. The summed E-state index contributed by atoms with van der Waals surface area (Å²) in [5.41, 5.74) is 7.45. The lowest BCUT2D eigenvalue weighted by molar-refractivity contribution is -0.384. The number of hydrogen-bond acceptors (Lipinski definition) is 5. The van der Waals surface area contributed by atoms with Gasteiger partial charge in [0.25, 0.3) is 0 Å². The molecule has 21 heavy (non-hydrogen) atoms. The van der Waals surface area contributed by atoms with Gasteiger partial charge in [-0.05, 0) is 30.0 Å². The number of ether oxygens (including phenoxy) is 1. The number of aromatic nitrogens is 1. The summed E-state index contributed by atoms with van der Waals surface area (Å²) in [6.07, 6.45) is 0. The number of nitrogens with two attached hydrogens (primary N) is 1. The molecule has 6 nitrogen and oxygen atoms in total. The molecule has 0 saturated carbocycles. The van der Waals surface area contributed by atoms with Gasteiger partial charge in [0.05, 0.1) is 4.92 Å². The van der Waals surface area contributed by atoms with E-state index in [1.54, 1.807) is 0 Å². The van der Waals surface area contributed by atoms with E-state index in [9.17, 15) is 10.1 Å². The summed E-state index contributed by atoms with van der Waals surface area (Å²) in [5, 5.41) is 10.7. The monoisotopic (exact) mass is 287 g/mol. The first-order valence-corrected chi connectivity index (χ1v) is 6.57. The van der Waals surface area contributed by atoms with Gasteiger partial charge < -0.3 is 10.5 Å². The van der Waals surface area contributed by atoms with Crippen LogP contribution >= 0.6 is 0 Å². The minimum Gasteiger partial charge on any atom is -0.439 e. The van der Waals surface area contributed by atoms with Crippen molar-refractivity contribution >= 4 is 11.5 Å². The highest BCUT2D eigenvalue weighted by Crippen LogP contribution is 2.32. The Balaban J connectivity index is 2.36. The van der Waals surface area contributed by atoms with Crippen LogP contribution in [-0.2, 0) is 0 Å². The van der Waals surface area contributed by atoms with Gasteiger partial charge in [-0.2, -0.15) is 4.98 Å². The van der Waals surface area contributed by atoms with Crippen molar-refractivity contribution in [2.24, 2.45) is 0 Å². The van der Waals surface area contributed by atoms with E-state index in [0.717, 1.165) is 11.1 Å². The van der Waals surface area contributed by atoms with Gasteiger partial charge in [-0.1, -0.05) is 26.0 Å². The molecule has 1 aromatic heterocycles. The quantitative estimate of drug-likeness (QED) is 0.682. The van der Waals surface area contributed by atoms with Crippen LogP contribution in [0.5, 0.6) is 11.6 Å². The Bertz CT molecular complexity index is 684. The SMILES string of the molecule is Cc1ccc(C(C)C)c(Oc2ccc([N+](=O)[O-])c(N)n2)c1.